The zero-order valence-electron chi connectivity index (χ0n) is 17.3. The number of aryl methyl sites for hydroxylation is 1. The number of H-pyrrole nitrogens is 1. The van der Waals surface area contributed by atoms with Crippen molar-refractivity contribution in [1.82, 2.24) is 9.97 Å². The molecule has 1 aliphatic rings. The number of fused-ring (bicyclic) bond motifs is 2. The fraction of sp³-hybridized carbons (Fsp3) is 0.417. The normalized spacial score (nSPS) is 15.4. The molecular formula is C24H29N3O. The third-order valence-corrected chi connectivity index (χ3v) is 5.96. The van der Waals surface area contributed by atoms with Gasteiger partial charge in [0.1, 0.15) is 5.82 Å². The van der Waals surface area contributed by atoms with Crippen molar-refractivity contribution >= 4 is 22.6 Å². The minimum absolute atomic E-state index is 0.196. The summed E-state index contributed by atoms with van der Waals surface area (Å²) in [6.07, 6.45) is 4.36. The molecule has 2 heterocycles. The Bertz CT molecular complexity index is 1010. The van der Waals surface area contributed by atoms with E-state index < -0.39 is 5.41 Å². The Kier molecular flexibility index (Phi) is 4.74. The molecule has 1 aromatic heterocycles. The molecule has 4 rings (SSSR count). The minimum atomic E-state index is -0.496. The Morgan fingerprint density at radius 3 is 2.50 bits per heavy atom. The first-order valence-electron chi connectivity index (χ1n) is 10.4. The van der Waals surface area contributed by atoms with E-state index in [1.807, 2.05) is 18.7 Å². The van der Waals surface area contributed by atoms with E-state index in [2.05, 4.69) is 55.2 Å². The van der Waals surface area contributed by atoms with Crippen LogP contribution in [0.5, 0.6) is 0 Å². The van der Waals surface area contributed by atoms with Gasteiger partial charge in [0, 0.05) is 12.1 Å². The van der Waals surface area contributed by atoms with Crippen molar-refractivity contribution in [3.8, 4) is 11.4 Å². The van der Waals surface area contributed by atoms with E-state index in [1.54, 1.807) is 0 Å². The number of rotatable bonds is 6. The zero-order valence-corrected chi connectivity index (χ0v) is 17.3. The zero-order chi connectivity index (χ0) is 19.9. The van der Waals surface area contributed by atoms with Gasteiger partial charge in [0.2, 0.25) is 5.91 Å². The molecule has 2 aromatic carbocycles. The molecule has 0 saturated carbocycles. The molecule has 1 N–H and O–H groups in total. The van der Waals surface area contributed by atoms with Gasteiger partial charge in [-0.15, -0.1) is 0 Å². The first kappa shape index (κ1) is 18.7. The molecule has 0 atom stereocenters. The number of benzene rings is 2. The number of hydrogen-bond donors (Lipinski definition) is 1. The first-order chi connectivity index (χ1) is 13.5. The van der Waals surface area contributed by atoms with Crippen molar-refractivity contribution in [2.24, 2.45) is 0 Å². The van der Waals surface area contributed by atoms with Crippen molar-refractivity contribution in [2.75, 3.05) is 11.4 Å². The number of imidazole rings is 1. The summed E-state index contributed by atoms with van der Waals surface area (Å²) in [5, 5.41) is 0. The lowest BCUT2D eigenvalue weighted by Crippen LogP contribution is -2.36. The van der Waals surface area contributed by atoms with Gasteiger partial charge in [0.25, 0.3) is 0 Å². The second-order valence-electron chi connectivity index (χ2n) is 8.31. The van der Waals surface area contributed by atoms with E-state index in [9.17, 15) is 4.79 Å². The Balaban J connectivity index is 1.75. The summed E-state index contributed by atoms with van der Waals surface area (Å²) in [7, 11) is 0. The van der Waals surface area contributed by atoms with Crippen molar-refractivity contribution in [2.45, 2.75) is 58.8 Å². The number of aromatic nitrogens is 2. The summed E-state index contributed by atoms with van der Waals surface area (Å²) < 4.78 is 0. The van der Waals surface area contributed by atoms with Crippen LogP contribution in [0.25, 0.3) is 22.4 Å². The number of nitrogens with one attached hydrogen (secondary N) is 1. The van der Waals surface area contributed by atoms with Gasteiger partial charge < -0.3 is 9.88 Å². The molecule has 28 heavy (non-hydrogen) atoms. The summed E-state index contributed by atoms with van der Waals surface area (Å²) in [6, 6.07) is 12.8. The lowest BCUT2D eigenvalue weighted by Gasteiger charge is -2.20. The summed E-state index contributed by atoms with van der Waals surface area (Å²) in [6.45, 7) is 9.18. The van der Waals surface area contributed by atoms with Crippen LogP contribution in [0.2, 0.25) is 0 Å². The molecule has 1 aliphatic heterocycles. The second kappa shape index (κ2) is 7.08. The van der Waals surface area contributed by atoms with Crippen molar-refractivity contribution in [1.29, 1.82) is 0 Å². The highest BCUT2D eigenvalue weighted by Gasteiger charge is 2.43. The number of amides is 1. The van der Waals surface area contributed by atoms with Gasteiger partial charge in [0.15, 0.2) is 0 Å². The van der Waals surface area contributed by atoms with Gasteiger partial charge in [0.05, 0.1) is 22.1 Å². The van der Waals surface area contributed by atoms with E-state index in [4.69, 9.17) is 4.98 Å². The monoisotopic (exact) mass is 375 g/mol. The van der Waals surface area contributed by atoms with Crippen molar-refractivity contribution < 1.29 is 4.79 Å². The van der Waals surface area contributed by atoms with Gasteiger partial charge >= 0.3 is 0 Å². The Hall–Kier alpha value is -2.62. The Morgan fingerprint density at radius 2 is 1.82 bits per heavy atom. The highest BCUT2D eigenvalue weighted by atomic mass is 16.2. The molecule has 0 aliphatic carbocycles. The van der Waals surface area contributed by atoms with Crippen LogP contribution in [0.15, 0.2) is 36.4 Å². The SMILES string of the molecule is CCCCCN1C(=O)C(C)(C)c2cc3[nH]c(-c4ccc(CC)cc4)nc3cc21. The topological polar surface area (TPSA) is 49.0 Å². The largest absolute Gasteiger partial charge is 0.338 e. The number of unbranched alkanes of at least 4 members (excludes halogenated alkanes) is 2. The highest BCUT2D eigenvalue weighted by Crippen LogP contribution is 2.43. The molecule has 4 nitrogen and oxygen atoms in total. The molecule has 4 heteroatoms. The molecule has 0 fully saturated rings. The number of nitrogens with zero attached hydrogens (tertiary/aromatic N) is 2. The maximum Gasteiger partial charge on any atom is 0.237 e. The molecule has 146 valence electrons. The lowest BCUT2D eigenvalue weighted by atomic mass is 9.86. The van der Waals surface area contributed by atoms with E-state index in [-0.39, 0.29) is 5.91 Å². The van der Waals surface area contributed by atoms with E-state index in [0.717, 1.165) is 65.9 Å². The summed E-state index contributed by atoms with van der Waals surface area (Å²) in [5.41, 5.74) is 5.94. The maximum atomic E-state index is 13.0. The van der Waals surface area contributed by atoms with E-state index in [0.29, 0.717) is 0 Å². The van der Waals surface area contributed by atoms with Gasteiger partial charge in [-0.3, -0.25) is 4.79 Å². The third-order valence-electron chi connectivity index (χ3n) is 5.96. The molecule has 3 aromatic rings. The molecule has 0 radical (unpaired) electrons. The highest BCUT2D eigenvalue weighted by molar-refractivity contribution is 6.09. The fourth-order valence-corrected chi connectivity index (χ4v) is 4.11. The van der Waals surface area contributed by atoms with Crippen LogP contribution in [0.3, 0.4) is 0 Å². The molecule has 0 unspecified atom stereocenters. The molecular weight excluding hydrogens is 346 g/mol. The third kappa shape index (κ3) is 3.01. The van der Waals surface area contributed by atoms with Crippen LogP contribution < -0.4 is 4.90 Å². The Labute approximate surface area is 167 Å². The summed E-state index contributed by atoms with van der Waals surface area (Å²) in [5.74, 6) is 1.07. The van der Waals surface area contributed by atoms with Crippen molar-refractivity contribution in [3.63, 3.8) is 0 Å². The number of aromatic amines is 1. The van der Waals surface area contributed by atoms with Crippen LogP contribution in [0.1, 0.15) is 58.1 Å². The Morgan fingerprint density at radius 1 is 1.07 bits per heavy atom. The van der Waals surface area contributed by atoms with Crippen LogP contribution in [0, 0.1) is 0 Å². The van der Waals surface area contributed by atoms with Gasteiger partial charge in [-0.05, 0) is 49.9 Å². The van der Waals surface area contributed by atoms with Gasteiger partial charge in [-0.1, -0.05) is 51.0 Å². The van der Waals surface area contributed by atoms with Crippen LogP contribution in [-0.4, -0.2) is 22.4 Å². The number of carbonyl (C=O) groups is 1. The first-order valence-corrected chi connectivity index (χ1v) is 10.4. The predicted octanol–water partition coefficient (Wildman–Crippen LogP) is 5.61. The molecule has 0 bridgehead atoms. The van der Waals surface area contributed by atoms with Gasteiger partial charge in [-0.25, -0.2) is 4.98 Å². The predicted molar refractivity (Wildman–Crippen MR) is 116 cm³/mol. The molecule has 0 saturated heterocycles. The quantitative estimate of drug-likeness (QED) is 0.570. The smallest absolute Gasteiger partial charge is 0.237 e. The van der Waals surface area contributed by atoms with E-state index in [1.165, 1.54) is 5.56 Å². The fourth-order valence-electron chi connectivity index (χ4n) is 4.11. The second-order valence-corrected chi connectivity index (χ2v) is 8.31. The van der Waals surface area contributed by atoms with Crippen LogP contribution in [0.4, 0.5) is 5.69 Å². The average molecular weight is 376 g/mol. The average Bonchev–Trinajstić information content (AvgIpc) is 3.19. The van der Waals surface area contributed by atoms with Crippen molar-refractivity contribution in [3.05, 3.63) is 47.5 Å². The molecule has 0 spiro atoms. The van der Waals surface area contributed by atoms with Gasteiger partial charge in [-0.2, -0.15) is 0 Å². The number of carbonyl (C=O) groups excluding carboxylic acids is 1. The standard InChI is InChI=1S/C24H29N3O/c1-5-7-8-13-27-21-15-20-19(14-18(21)24(3,4)23(27)28)25-22(26-20)17-11-9-16(6-2)10-12-17/h9-12,14-15H,5-8,13H2,1-4H3,(H,25,26). The summed E-state index contributed by atoms with van der Waals surface area (Å²) in [4.78, 5) is 23.3. The lowest BCUT2D eigenvalue weighted by molar-refractivity contribution is -0.122. The minimum Gasteiger partial charge on any atom is -0.338 e. The van der Waals surface area contributed by atoms with Crippen LogP contribution in [-0.2, 0) is 16.6 Å². The summed E-state index contributed by atoms with van der Waals surface area (Å²) >= 11 is 0. The number of anilines is 1. The van der Waals surface area contributed by atoms with Crippen LogP contribution >= 0.6 is 0 Å². The number of hydrogen-bond acceptors (Lipinski definition) is 2. The molecule has 1 amide bonds. The van der Waals surface area contributed by atoms with E-state index >= 15 is 0 Å². The maximum absolute atomic E-state index is 13.0.